The summed E-state index contributed by atoms with van der Waals surface area (Å²) in [5.74, 6) is 1.20. The van der Waals surface area contributed by atoms with Crippen molar-refractivity contribution in [1.82, 2.24) is 30.2 Å². The lowest BCUT2D eigenvalue weighted by molar-refractivity contribution is -0.145. The number of pyridine rings is 2. The first-order valence-corrected chi connectivity index (χ1v) is 16.3. The molecule has 46 heavy (non-hydrogen) atoms. The Morgan fingerprint density at radius 1 is 0.935 bits per heavy atom. The summed E-state index contributed by atoms with van der Waals surface area (Å²) in [4.78, 5) is 35.0. The molecule has 3 fully saturated rings. The van der Waals surface area contributed by atoms with Crippen LogP contribution in [0.3, 0.4) is 0 Å². The van der Waals surface area contributed by atoms with E-state index < -0.39 is 22.8 Å². The van der Waals surface area contributed by atoms with Gasteiger partial charge in [0.1, 0.15) is 11.4 Å². The molecule has 1 saturated heterocycles. The fourth-order valence-corrected chi connectivity index (χ4v) is 7.51. The second kappa shape index (κ2) is 12.9. The van der Waals surface area contributed by atoms with Gasteiger partial charge in [-0.25, -0.2) is 15.0 Å². The lowest BCUT2D eigenvalue weighted by atomic mass is 9.74. The highest BCUT2D eigenvalue weighted by atomic mass is 19.4. The summed E-state index contributed by atoms with van der Waals surface area (Å²) in [5, 5.41) is 15.3. The number of piperazine rings is 1. The molecule has 12 heteroatoms. The van der Waals surface area contributed by atoms with E-state index >= 15 is 0 Å². The maximum absolute atomic E-state index is 14.1. The number of anilines is 1. The van der Waals surface area contributed by atoms with Crippen molar-refractivity contribution in [2.45, 2.75) is 82.7 Å². The number of nitrogens with one attached hydrogen (secondary N) is 1. The van der Waals surface area contributed by atoms with Crippen LogP contribution in [0.2, 0.25) is 0 Å². The predicted octanol–water partition coefficient (Wildman–Crippen LogP) is 5.22. The number of halogens is 3. The predicted molar refractivity (Wildman–Crippen MR) is 167 cm³/mol. The minimum absolute atomic E-state index is 0.150. The molecule has 246 valence electrons. The van der Waals surface area contributed by atoms with Gasteiger partial charge in [0, 0.05) is 68.6 Å². The van der Waals surface area contributed by atoms with Crippen LogP contribution >= 0.6 is 0 Å². The number of carbonyl (C=O) groups is 1. The Hall–Kier alpha value is -3.64. The Balaban J connectivity index is 1.02. The number of alkyl halides is 3. The Bertz CT molecular complexity index is 1490. The van der Waals surface area contributed by atoms with Crippen molar-refractivity contribution in [1.29, 1.82) is 0 Å². The number of aliphatic hydroxyl groups is 1. The summed E-state index contributed by atoms with van der Waals surface area (Å²) in [6, 6.07) is 8.07. The smallest absolute Gasteiger partial charge is 0.384 e. The molecule has 2 atom stereocenters. The molecule has 3 aliphatic rings. The van der Waals surface area contributed by atoms with Crippen molar-refractivity contribution in [3.8, 4) is 11.4 Å². The van der Waals surface area contributed by atoms with Gasteiger partial charge in [-0.2, -0.15) is 13.2 Å². The SMILES string of the molecule is CC(C)C1(C(=O)N2CCN(c3cc(C(F)(F)F)ccn3)CC2)CCC(NC2CCC(O)(c3ccc(-c4ncccn4)cn3)CC2)C1. The van der Waals surface area contributed by atoms with E-state index in [-0.39, 0.29) is 23.9 Å². The van der Waals surface area contributed by atoms with E-state index in [1.54, 1.807) is 24.7 Å². The largest absolute Gasteiger partial charge is 0.416 e. The fraction of sp³-hybridized carbons (Fsp3) is 0.559. The first kappa shape index (κ1) is 32.3. The van der Waals surface area contributed by atoms with E-state index in [9.17, 15) is 23.1 Å². The van der Waals surface area contributed by atoms with Crippen LogP contribution in [0.1, 0.15) is 70.1 Å². The monoisotopic (exact) mass is 637 g/mol. The maximum Gasteiger partial charge on any atom is 0.416 e. The molecule has 4 heterocycles. The number of nitrogens with zero attached hydrogens (tertiary/aromatic N) is 6. The van der Waals surface area contributed by atoms with Crippen LogP contribution in [0.15, 0.2) is 55.1 Å². The van der Waals surface area contributed by atoms with Crippen LogP contribution in [0.5, 0.6) is 0 Å². The maximum atomic E-state index is 14.1. The van der Waals surface area contributed by atoms with E-state index in [1.165, 1.54) is 6.20 Å². The van der Waals surface area contributed by atoms with Gasteiger partial charge in [0.2, 0.25) is 5.91 Å². The minimum atomic E-state index is -4.42. The summed E-state index contributed by atoms with van der Waals surface area (Å²) >= 11 is 0. The molecule has 3 aromatic heterocycles. The van der Waals surface area contributed by atoms with Crippen LogP contribution < -0.4 is 10.2 Å². The Morgan fingerprint density at radius 2 is 1.63 bits per heavy atom. The van der Waals surface area contributed by atoms with Crippen molar-refractivity contribution in [2.24, 2.45) is 11.3 Å². The molecule has 2 N–H and O–H groups in total. The topological polar surface area (TPSA) is 107 Å². The van der Waals surface area contributed by atoms with E-state index in [0.29, 0.717) is 56.4 Å². The van der Waals surface area contributed by atoms with Crippen molar-refractivity contribution in [2.75, 3.05) is 31.1 Å². The Morgan fingerprint density at radius 3 is 2.26 bits per heavy atom. The van der Waals surface area contributed by atoms with Gasteiger partial charge >= 0.3 is 6.18 Å². The molecule has 0 aromatic carbocycles. The van der Waals surface area contributed by atoms with E-state index in [1.807, 2.05) is 21.9 Å². The zero-order chi connectivity index (χ0) is 32.5. The third-order valence-electron chi connectivity index (χ3n) is 10.4. The fourth-order valence-electron chi connectivity index (χ4n) is 7.51. The van der Waals surface area contributed by atoms with Gasteiger partial charge in [-0.15, -0.1) is 0 Å². The van der Waals surface area contributed by atoms with Gasteiger partial charge in [-0.05, 0) is 81.2 Å². The number of aromatic nitrogens is 4. The summed E-state index contributed by atoms with van der Waals surface area (Å²) in [6.07, 6.45) is 7.16. The van der Waals surface area contributed by atoms with Gasteiger partial charge in [0.15, 0.2) is 5.82 Å². The van der Waals surface area contributed by atoms with Crippen LogP contribution in [0.4, 0.5) is 19.0 Å². The molecule has 1 aliphatic heterocycles. The molecule has 0 radical (unpaired) electrons. The average molecular weight is 638 g/mol. The summed E-state index contributed by atoms with van der Waals surface area (Å²) in [7, 11) is 0. The lowest BCUT2D eigenvalue weighted by Gasteiger charge is -2.42. The van der Waals surface area contributed by atoms with Crippen LogP contribution in [0, 0.1) is 11.3 Å². The highest BCUT2D eigenvalue weighted by Gasteiger charge is 2.50. The summed E-state index contributed by atoms with van der Waals surface area (Å²) in [5.41, 5.74) is -0.695. The lowest BCUT2D eigenvalue weighted by Crippen LogP contribution is -2.54. The van der Waals surface area contributed by atoms with Crippen molar-refractivity contribution in [3.63, 3.8) is 0 Å². The van der Waals surface area contributed by atoms with Crippen molar-refractivity contribution < 1.29 is 23.1 Å². The third-order valence-corrected chi connectivity index (χ3v) is 10.4. The summed E-state index contributed by atoms with van der Waals surface area (Å²) < 4.78 is 39.7. The minimum Gasteiger partial charge on any atom is -0.384 e. The first-order valence-electron chi connectivity index (χ1n) is 16.3. The molecular formula is C34H42F3N7O2. The summed E-state index contributed by atoms with van der Waals surface area (Å²) in [6.45, 7) is 6.03. The van der Waals surface area contributed by atoms with Crippen LogP contribution in [-0.4, -0.2) is 74.1 Å². The first-order chi connectivity index (χ1) is 22.0. The Labute approximate surface area is 267 Å². The average Bonchev–Trinajstić information content (AvgIpc) is 3.51. The molecule has 2 saturated carbocycles. The van der Waals surface area contributed by atoms with E-state index in [2.05, 4.69) is 39.1 Å². The molecule has 1 amide bonds. The normalized spacial score (nSPS) is 27.3. The highest BCUT2D eigenvalue weighted by Crippen LogP contribution is 2.47. The standard InChI is InChI=1S/C34H42F3N7O2/c1-23(2)32(31(45)44-18-16-43(17-19-44)29-20-25(9-15-38-29)34(35,36)37)10-6-27(21-32)42-26-7-11-33(46,12-8-26)28-5-4-24(22-41-28)30-39-13-3-14-40-30/h3-5,9,13-15,20,22-23,26-27,42,46H,6-8,10-12,16-19,21H2,1-2H3. The van der Waals surface area contributed by atoms with Gasteiger partial charge in [-0.1, -0.05) is 13.8 Å². The number of hydrogen-bond donors (Lipinski definition) is 2. The second-order valence-electron chi connectivity index (χ2n) is 13.4. The molecule has 6 rings (SSSR count). The van der Waals surface area contributed by atoms with Crippen molar-refractivity contribution in [3.05, 3.63) is 66.4 Å². The molecule has 9 nitrogen and oxygen atoms in total. The Kier molecular flexibility index (Phi) is 9.04. The van der Waals surface area contributed by atoms with Gasteiger partial charge in [0.25, 0.3) is 0 Å². The molecule has 2 aliphatic carbocycles. The highest BCUT2D eigenvalue weighted by molar-refractivity contribution is 5.84. The molecule has 2 unspecified atom stereocenters. The van der Waals surface area contributed by atoms with Crippen LogP contribution in [0.25, 0.3) is 11.4 Å². The van der Waals surface area contributed by atoms with Crippen molar-refractivity contribution >= 4 is 11.7 Å². The van der Waals surface area contributed by atoms with Gasteiger partial charge in [-0.3, -0.25) is 9.78 Å². The number of hydrogen-bond acceptors (Lipinski definition) is 8. The molecular weight excluding hydrogens is 595 g/mol. The van der Waals surface area contributed by atoms with Gasteiger partial charge < -0.3 is 20.2 Å². The number of carbonyl (C=O) groups excluding carboxylic acids is 1. The molecule has 3 aromatic rings. The molecule has 0 bridgehead atoms. The van der Waals surface area contributed by atoms with E-state index in [0.717, 1.165) is 49.8 Å². The zero-order valence-corrected chi connectivity index (χ0v) is 26.4. The second-order valence-corrected chi connectivity index (χ2v) is 13.4. The van der Waals surface area contributed by atoms with E-state index in [4.69, 9.17) is 0 Å². The third kappa shape index (κ3) is 6.60. The van der Waals surface area contributed by atoms with Gasteiger partial charge in [0.05, 0.1) is 16.7 Å². The zero-order valence-electron chi connectivity index (χ0n) is 26.4. The number of rotatable bonds is 7. The molecule has 0 spiro atoms. The quantitative estimate of drug-likeness (QED) is 0.364. The number of amides is 1. The van der Waals surface area contributed by atoms with Crippen LogP contribution in [-0.2, 0) is 16.6 Å².